The van der Waals surface area contributed by atoms with Crippen LogP contribution in [0.4, 0.5) is 5.69 Å². The second kappa shape index (κ2) is 4.37. The molecule has 0 aliphatic carbocycles. The third-order valence-electron chi connectivity index (χ3n) is 2.47. The van der Waals surface area contributed by atoms with E-state index in [1.807, 2.05) is 0 Å². The second-order valence-electron chi connectivity index (χ2n) is 3.65. The van der Waals surface area contributed by atoms with Gasteiger partial charge in [-0.3, -0.25) is 9.59 Å². The molecule has 5 nitrogen and oxygen atoms in total. The van der Waals surface area contributed by atoms with E-state index in [9.17, 15) is 14.4 Å². The third kappa shape index (κ3) is 2.18. The minimum Gasteiger partial charge on any atom is -0.462 e. The molecule has 0 aromatic heterocycles. The number of nitrogens with one attached hydrogen (secondary N) is 1. The number of amides is 1. The summed E-state index contributed by atoms with van der Waals surface area (Å²) in [5, 5.41) is 2.47. The Morgan fingerprint density at radius 3 is 2.88 bits per heavy atom. The van der Waals surface area contributed by atoms with Gasteiger partial charge in [0.05, 0.1) is 12.2 Å². The molecule has 1 aromatic carbocycles. The predicted octanol–water partition coefficient (Wildman–Crippen LogP) is 0.927. The maximum atomic E-state index is 11.5. The lowest BCUT2D eigenvalue weighted by atomic mass is 10.00. The molecule has 0 bridgehead atoms. The van der Waals surface area contributed by atoms with Gasteiger partial charge in [-0.15, -0.1) is 0 Å². The van der Waals surface area contributed by atoms with Crippen LogP contribution in [0.1, 0.15) is 22.8 Å². The Morgan fingerprint density at radius 1 is 1.41 bits per heavy atom. The number of anilines is 1. The molecular formula is C12H11NO4. The third-order valence-corrected chi connectivity index (χ3v) is 2.47. The maximum absolute atomic E-state index is 11.5. The number of hydrogen-bond donors (Lipinski definition) is 1. The topological polar surface area (TPSA) is 72.5 Å². The highest BCUT2D eigenvalue weighted by Crippen LogP contribution is 2.22. The molecule has 0 saturated carbocycles. The zero-order valence-electron chi connectivity index (χ0n) is 9.28. The van der Waals surface area contributed by atoms with Gasteiger partial charge in [0.25, 0.3) is 5.91 Å². The second-order valence-corrected chi connectivity index (χ2v) is 3.65. The Morgan fingerprint density at radius 2 is 2.18 bits per heavy atom. The Balaban J connectivity index is 2.31. The molecule has 1 aromatic rings. The van der Waals surface area contributed by atoms with Gasteiger partial charge in [-0.25, -0.2) is 4.79 Å². The number of benzene rings is 1. The quantitative estimate of drug-likeness (QED) is 0.609. The van der Waals surface area contributed by atoms with E-state index in [2.05, 4.69) is 5.32 Å². The van der Waals surface area contributed by atoms with Gasteiger partial charge in [-0.1, -0.05) is 0 Å². The molecule has 0 radical (unpaired) electrons. The number of ketones is 1. The van der Waals surface area contributed by atoms with E-state index in [0.717, 1.165) is 0 Å². The molecular weight excluding hydrogens is 222 g/mol. The largest absolute Gasteiger partial charge is 0.462 e. The van der Waals surface area contributed by atoms with Crippen LogP contribution < -0.4 is 5.32 Å². The molecule has 1 N–H and O–H groups in total. The number of rotatable bonds is 2. The first-order valence-electron chi connectivity index (χ1n) is 5.26. The van der Waals surface area contributed by atoms with Gasteiger partial charge < -0.3 is 10.1 Å². The van der Waals surface area contributed by atoms with Crippen LogP contribution in [-0.4, -0.2) is 24.3 Å². The van der Waals surface area contributed by atoms with E-state index in [-0.39, 0.29) is 6.42 Å². The van der Waals surface area contributed by atoms with Crippen LogP contribution in [0.15, 0.2) is 18.2 Å². The highest BCUT2D eigenvalue weighted by Gasteiger charge is 2.23. The molecule has 0 fully saturated rings. The van der Waals surface area contributed by atoms with Crippen molar-refractivity contribution in [1.29, 1.82) is 0 Å². The summed E-state index contributed by atoms with van der Waals surface area (Å²) in [6.07, 6.45) is 0.0222. The van der Waals surface area contributed by atoms with Crippen LogP contribution in [0.25, 0.3) is 0 Å². The Bertz CT molecular complexity index is 507. The van der Waals surface area contributed by atoms with Gasteiger partial charge in [0.1, 0.15) is 0 Å². The zero-order chi connectivity index (χ0) is 12.4. The highest BCUT2D eigenvalue weighted by atomic mass is 16.5. The van der Waals surface area contributed by atoms with Crippen LogP contribution in [0, 0.1) is 0 Å². The van der Waals surface area contributed by atoms with Gasteiger partial charge in [-0.2, -0.15) is 0 Å². The SMILES string of the molecule is CCOC(=O)c1ccc2c(c1)CC(=O)C(=O)N2. The Hall–Kier alpha value is -2.17. The summed E-state index contributed by atoms with van der Waals surface area (Å²) >= 11 is 0. The van der Waals surface area contributed by atoms with E-state index in [0.29, 0.717) is 23.4 Å². The Labute approximate surface area is 97.8 Å². The number of carbonyl (C=O) groups is 3. The molecule has 5 heteroatoms. The van der Waals surface area contributed by atoms with Crippen molar-refractivity contribution < 1.29 is 19.1 Å². The van der Waals surface area contributed by atoms with Gasteiger partial charge in [0.15, 0.2) is 0 Å². The van der Waals surface area contributed by atoms with E-state index in [1.165, 1.54) is 0 Å². The lowest BCUT2D eigenvalue weighted by Crippen LogP contribution is -2.29. The van der Waals surface area contributed by atoms with Crippen LogP contribution in [-0.2, 0) is 20.7 Å². The molecule has 88 valence electrons. The van der Waals surface area contributed by atoms with Crippen molar-refractivity contribution in [3.63, 3.8) is 0 Å². The lowest BCUT2D eigenvalue weighted by molar-refractivity contribution is -0.134. The molecule has 1 aliphatic heterocycles. The summed E-state index contributed by atoms with van der Waals surface area (Å²) in [7, 11) is 0. The standard InChI is InChI=1S/C12H11NO4/c1-2-17-12(16)7-3-4-9-8(5-7)6-10(14)11(15)13-9/h3-5H,2,6H2,1H3,(H,13,15). The summed E-state index contributed by atoms with van der Waals surface area (Å²) in [4.78, 5) is 33.8. The number of esters is 1. The van der Waals surface area contributed by atoms with E-state index < -0.39 is 17.7 Å². The fourth-order valence-corrected chi connectivity index (χ4v) is 1.65. The predicted molar refractivity (Wildman–Crippen MR) is 59.7 cm³/mol. The Kier molecular flexibility index (Phi) is 2.91. The van der Waals surface area contributed by atoms with Gasteiger partial charge in [0, 0.05) is 12.1 Å². The van der Waals surface area contributed by atoms with Crippen molar-refractivity contribution in [2.45, 2.75) is 13.3 Å². The van der Waals surface area contributed by atoms with Crippen molar-refractivity contribution in [1.82, 2.24) is 0 Å². The monoisotopic (exact) mass is 233 g/mol. The minimum atomic E-state index is -0.610. The molecule has 0 unspecified atom stereocenters. The number of hydrogen-bond acceptors (Lipinski definition) is 4. The van der Waals surface area contributed by atoms with Gasteiger partial charge >= 0.3 is 5.97 Å². The summed E-state index contributed by atoms with van der Waals surface area (Å²) in [6, 6.07) is 4.74. The van der Waals surface area contributed by atoms with Crippen molar-refractivity contribution >= 4 is 23.3 Å². The average Bonchev–Trinajstić information content (AvgIpc) is 2.30. The molecule has 0 saturated heterocycles. The normalized spacial score (nSPS) is 13.9. The van der Waals surface area contributed by atoms with Crippen molar-refractivity contribution in [2.24, 2.45) is 0 Å². The fraction of sp³-hybridized carbons (Fsp3) is 0.250. The molecule has 1 heterocycles. The maximum Gasteiger partial charge on any atom is 0.338 e. The van der Waals surface area contributed by atoms with Crippen LogP contribution in [0.2, 0.25) is 0 Å². The number of Topliss-reactive ketones (excluding diaryl/α,β-unsaturated/α-hetero) is 1. The lowest BCUT2D eigenvalue weighted by Gasteiger charge is -2.16. The molecule has 0 atom stereocenters. The van der Waals surface area contributed by atoms with Crippen molar-refractivity contribution in [3.05, 3.63) is 29.3 Å². The number of fused-ring (bicyclic) bond motifs is 1. The summed E-state index contributed by atoms with van der Waals surface area (Å²) in [5.74, 6) is -1.54. The summed E-state index contributed by atoms with van der Waals surface area (Å²) in [5.41, 5.74) is 1.59. The van der Waals surface area contributed by atoms with Crippen LogP contribution in [0.5, 0.6) is 0 Å². The smallest absolute Gasteiger partial charge is 0.338 e. The first kappa shape index (κ1) is 11.3. The van der Waals surface area contributed by atoms with Crippen molar-refractivity contribution in [3.8, 4) is 0 Å². The van der Waals surface area contributed by atoms with E-state index in [4.69, 9.17) is 4.74 Å². The summed E-state index contributed by atoms with van der Waals surface area (Å²) < 4.78 is 4.86. The van der Waals surface area contributed by atoms with Crippen LogP contribution in [0.3, 0.4) is 0 Å². The molecule has 0 spiro atoms. The summed E-state index contributed by atoms with van der Waals surface area (Å²) in [6.45, 7) is 2.02. The van der Waals surface area contributed by atoms with Gasteiger partial charge in [0.2, 0.25) is 5.78 Å². The van der Waals surface area contributed by atoms with E-state index in [1.54, 1.807) is 25.1 Å². The molecule has 2 rings (SSSR count). The number of carbonyl (C=O) groups excluding carboxylic acids is 3. The van der Waals surface area contributed by atoms with Crippen LogP contribution >= 0.6 is 0 Å². The number of ether oxygens (including phenoxy) is 1. The van der Waals surface area contributed by atoms with E-state index >= 15 is 0 Å². The van der Waals surface area contributed by atoms with Gasteiger partial charge in [-0.05, 0) is 30.7 Å². The zero-order valence-corrected chi connectivity index (χ0v) is 9.28. The highest BCUT2D eigenvalue weighted by molar-refractivity contribution is 6.42. The molecule has 1 amide bonds. The van der Waals surface area contributed by atoms with Crippen molar-refractivity contribution in [2.75, 3.05) is 11.9 Å². The average molecular weight is 233 g/mol. The first-order chi connectivity index (χ1) is 8.11. The molecule has 17 heavy (non-hydrogen) atoms. The first-order valence-corrected chi connectivity index (χ1v) is 5.26. The molecule has 1 aliphatic rings. The minimum absolute atomic E-state index is 0.0222. The fourth-order valence-electron chi connectivity index (χ4n) is 1.65.